The Morgan fingerprint density at radius 1 is 0.971 bits per heavy atom. The summed E-state index contributed by atoms with van der Waals surface area (Å²) in [4.78, 5) is 28.1. The summed E-state index contributed by atoms with van der Waals surface area (Å²) < 4.78 is 27.1. The maximum absolute atomic E-state index is 13.4. The van der Waals surface area contributed by atoms with Crippen LogP contribution in [-0.2, 0) is 26.0 Å². The van der Waals surface area contributed by atoms with E-state index in [4.69, 9.17) is 0 Å². The van der Waals surface area contributed by atoms with Crippen molar-refractivity contribution in [3.05, 3.63) is 65.7 Å². The summed E-state index contributed by atoms with van der Waals surface area (Å²) in [6, 6.07) is 15.5. The molecule has 0 fully saturated rings. The molecule has 0 heterocycles. The van der Waals surface area contributed by atoms with E-state index in [9.17, 15) is 18.0 Å². The number of carbonyl (C=O) groups excluding carboxylic acids is 2. The zero-order valence-electron chi connectivity index (χ0n) is 20.8. The monoisotopic (exact) mass is 487 g/mol. The molecule has 1 N–H and O–H groups in total. The van der Waals surface area contributed by atoms with Crippen molar-refractivity contribution in [2.75, 3.05) is 20.1 Å². The van der Waals surface area contributed by atoms with Crippen molar-refractivity contribution in [2.24, 2.45) is 0 Å². The number of hydrogen-bond acceptors (Lipinski definition) is 4. The van der Waals surface area contributed by atoms with E-state index in [-0.39, 0.29) is 23.4 Å². The lowest BCUT2D eigenvalue weighted by Gasteiger charge is -2.32. The molecule has 0 aliphatic carbocycles. The van der Waals surface area contributed by atoms with Crippen molar-refractivity contribution in [1.29, 1.82) is 0 Å². The fourth-order valence-corrected chi connectivity index (χ4v) is 4.71. The highest BCUT2D eigenvalue weighted by molar-refractivity contribution is 7.89. The minimum absolute atomic E-state index is 0.0165. The fraction of sp³-hybridized carbons (Fsp3) is 0.462. The van der Waals surface area contributed by atoms with E-state index in [1.807, 2.05) is 58.0 Å². The maximum Gasteiger partial charge on any atom is 0.243 e. The molecule has 0 aliphatic heterocycles. The SMILES string of the molecule is CCC(C)NC(=O)C(CC)N(CCc1ccccc1)C(=O)CN(C)S(=O)(=O)c1ccc(C)cc1. The van der Waals surface area contributed by atoms with Crippen LogP contribution in [0, 0.1) is 6.92 Å². The molecule has 7 nitrogen and oxygen atoms in total. The Bertz CT molecular complexity index is 1040. The molecule has 186 valence electrons. The first kappa shape index (κ1) is 27.5. The molecule has 34 heavy (non-hydrogen) atoms. The number of benzene rings is 2. The quantitative estimate of drug-likeness (QED) is 0.497. The van der Waals surface area contributed by atoms with Crippen LogP contribution in [0.25, 0.3) is 0 Å². The topological polar surface area (TPSA) is 86.8 Å². The lowest BCUT2D eigenvalue weighted by molar-refractivity contribution is -0.141. The Morgan fingerprint density at radius 2 is 1.59 bits per heavy atom. The van der Waals surface area contributed by atoms with Gasteiger partial charge in [-0.05, 0) is 50.8 Å². The van der Waals surface area contributed by atoms with E-state index in [2.05, 4.69) is 5.32 Å². The second kappa shape index (κ2) is 12.7. The van der Waals surface area contributed by atoms with E-state index >= 15 is 0 Å². The molecule has 2 aromatic rings. The molecule has 0 aromatic heterocycles. The summed E-state index contributed by atoms with van der Waals surface area (Å²) in [7, 11) is -2.45. The number of hydrogen-bond donors (Lipinski definition) is 1. The normalized spacial score (nSPS) is 13.4. The predicted octanol–water partition coefficient (Wildman–Crippen LogP) is 3.38. The highest BCUT2D eigenvalue weighted by Gasteiger charge is 2.31. The van der Waals surface area contributed by atoms with Gasteiger partial charge in [-0.15, -0.1) is 0 Å². The van der Waals surface area contributed by atoms with Crippen molar-refractivity contribution in [1.82, 2.24) is 14.5 Å². The highest BCUT2D eigenvalue weighted by atomic mass is 32.2. The molecule has 2 unspecified atom stereocenters. The molecular formula is C26H37N3O4S. The zero-order valence-corrected chi connectivity index (χ0v) is 21.6. The van der Waals surface area contributed by atoms with Gasteiger partial charge in [0, 0.05) is 19.6 Å². The third kappa shape index (κ3) is 7.40. The second-order valence-corrected chi connectivity index (χ2v) is 10.7. The lowest BCUT2D eigenvalue weighted by atomic mass is 10.1. The highest BCUT2D eigenvalue weighted by Crippen LogP contribution is 2.16. The molecule has 0 radical (unpaired) electrons. The van der Waals surface area contributed by atoms with Crippen molar-refractivity contribution in [3.63, 3.8) is 0 Å². The van der Waals surface area contributed by atoms with Crippen LogP contribution in [0.15, 0.2) is 59.5 Å². The van der Waals surface area contributed by atoms with Gasteiger partial charge in [-0.25, -0.2) is 8.42 Å². The van der Waals surface area contributed by atoms with Crippen molar-refractivity contribution in [2.45, 2.75) is 63.9 Å². The molecule has 0 spiro atoms. The Kier molecular flexibility index (Phi) is 10.3. The van der Waals surface area contributed by atoms with Crippen LogP contribution < -0.4 is 5.32 Å². The number of rotatable bonds is 12. The summed E-state index contributed by atoms with van der Waals surface area (Å²) in [5.74, 6) is -0.623. The Balaban J connectivity index is 2.25. The first-order valence-corrected chi connectivity index (χ1v) is 13.2. The standard InChI is InChI=1S/C26H37N3O4S/c1-6-21(4)27-26(31)24(7-2)29(18-17-22-11-9-8-10-12-22)25(30)19-28(5)34(32,33)23-15-13-20(3)14-16-23/h8-16,21,24H,6-7,17-19H2,1-5H3,(H,27,31). The third-order valence-electron chi connectivity index (χ3n) is 5.96. The van der Waals surface area contributed by atoms with Crippen LogP contribution in [0.2, 0.25) is 0 Å². The molecule has 0 saturated heterocycles. The minimum atomic E-state index is -3.84. The summed E-state index contributed by atoms with van der Waals surface area (Å²) in [6.45, 7) is 7.60. The first-order valence-electron chi connectivity index (χ1n) is 11.8. The average Bonchev–Trinajstić information content (AvgIpc) is 2.82. The van der Waals surface area contributed by atoms with E-state index in [1.165, 1.54) is 24.1 Å². The van der Waals surface area contributed by atoms with Gasteiger partial charge in [0.1, 0.15) is 6.04 Å². The van der Waals surface area contributed by atoms with Crippen LogP contribution in [0.5, 0.6) is 0 Å². The van der Waals surface area contributed by atoms with Crippen molar-refractivity contribution >= 4 is 21.8 Å². The Labute approximate surface area is 204 Å². The van der Waals surface area contributed by atoms with Gasteiger partial charge in [0.15, 0.2) is 0 Å². The van der Waals surface area contributed by atoms with Gasteiger partial charge < -0.3 is 10.2 Å². The van der Waals surface area contributed by atoms with E-state index in [0.29, 0.717) is 19.4 Å². The number of amides is 2. The Hall–Kier alpha value is -2.71. The number of likely N-dealkylation sites (N-methyl/N-ethyl adjacent to an activating group) is 1. The molecule has 2 atom stereocenters. The van der Waals surface area contributed by atoms with Gasteiger partial charge in [-0.3, -0.25) is 9.59 Å². The summed E-state index contributed by atoms with van der Waals surface area (Å²) in [5.41, 5.74) is 1.99. The van der Waals surface area contributed by atoms with Gasteiger partial charge in [-0.2, -0.15) is 4.31 Å². The van der Waals surface area contributed by atoms with Gasteiger partial charge >= 0.3 is 0 Å². The molecule has 8 heteroatoms. The van der Waals surface area contributed by atoms with E-state index < -0.39 is 22.0 Å². The second-order valence-electron chi connectivity index (χ2n) is 8.64. The van der Waals surface area contributed by atoms with Gasteiger partial charge in [0.2, 0.25) is 21.8 Å². The molecule has 2 rings (SSSR count). The zero-order chi connectivity index (χ0) is 25.3. The fourth-order valence-electron chi connectivity index (χ4n) is 3.59. The average molecular weight is 488 g/mol. The number of nitrogens with zero attached hydrogens (tertiary/aromatic N) is 2. The molecule has 0 saturated carbocycles. The van der Waals surface area contributed by atoms with Crippen molar-refractivity contribution < 1.29 is 18.0 Å². The lowest BCUT2D eigenvalue weighted by Crippen LogP contribution is -2.53. The predicted molar refractivity (Wildman–Crippen MR) is 135 cm³/mol. The molecule has 2 aromatic carbocycles. The Morgan fingerprint density at radius 3 is 2.15 bits per heavy atom. The van der Waals surface area contributed by atoms with Crippen LogP contribution in [0.4, 0.5) is 0 Å². The molecular weight excluding hydrogens is 450 g/mol. The van der Waals surface area contributed by atoms with Crippen LogP contribution in [-0.4, -0.2) is 61.7 Å². The van der Waals surface area contributed by atoms with E-state index in [0.717, 1.165) is 21.9 Å². The smallest absolute Gasteiger partial charge is 0.243 e. The molecule has 0 bridgehead atoms. The molecule has 0 aliphatic rings. The summed E-state index contributed by atoms with van der Waals surface area (Å²) >= 11 is 0. The number of carbonyl (C=O) groups is 2. The first-order chi connectivity index (χ1) is 16.1. The van der Waals surface area contributed by atoms with Gasteiger partial charge in [-0.1, -0.05) is 61.9 Å². The van der Waals surface area contributed by atoms with Crippen LogP contribution in [0.3, 0.4) is 0 Å². The number of nitrogens with one attached hydrogen (secondary N) is 1. The number of sulfonamides is 1. The summed E-state index contributed by atoms with van der Waals surface area (Å²) in [5, 5.41) is 2.96. The van der Waals surface area contributed by atoms with Crippen LogP contribution in [0.1, 0.15) is 44.7 Å². The minimum Gasteiger partial charge on any atom is -0.352 e. The maximum atomic E-state index is 13.4. The van der Waals surface area contributed by atoms with E-state index in [1.54, 1.807) is 12.1 Å². The van der Waals surface area contributed by atoms with Crippen molar-refractivity contribution in [3.8, 4) is 0 Å². The largest absolute Gasteiger partial charge is 0.352 e. The van der Waals surface area contributed by atoms with Gasteiger partial charge in [0.05, 0.1) is 11.4 Å². The summed E-state index contributed by atoms with van der Waals surface area (Å²) in [6.07, 6.45) is 1.77. The van der Waals surface area contributed by atoms with Gasteiger partial charge in [0.25, 0.3) is 0 Å². The molecule has 2 amide bonds. The third-order valence-corrected chi connectivity index (χ3v) is 7.78. The van der Waals surface area contributed by atoms with Crippen LogP contribution >= 0.6 is 0 Å². The number of aryl methyl sites for hydroxylation is 1.